The lowest BCUT2D eigenvalue weighted by Gasteiger charge is -2.21. The molecule has 0 N–H and O–H groups in total. The lowest BCUT2D eigenvalue weighted by Crippen LogP contribution is -2.39. The first-order valence-corrected chi connectivity index (χ1v) is 8.79. The van der Waals surface area contributed by atoms with Crippen LogP contribution < -0.4 is 4.90 Å². The zero-order valence-electron chi connectivity index (χ0n) is 14.8. The van der Waals surface area contributed by atoms with Gasteiger partial charge in [0.05, 0.1) is 12.2 Å². The monoisotopic (exact) mass is 348 g/mol. The van der Waals surface area contributed by atoms with Gasteiger partial charge >= 0.3 is 0 Å². The van der Waals surface area contributed by atoms with E-state index in [1.54, 1.807) is 5.01 Å². The molecule has 6 nitrogen and oxygen atoms in total. The van der Waals surface area contributed by atoms with Crippen LogP contribution in [0, 0.1) is 6.92 Å². The Bertz CT molecular complexity index is 891. The predicted octanol–water partition coefficient (Wildman–Crippen LogP) is 3.05. The molecule has 0 saturated carbocycles. The predicted molar refractivity (Wildman–Crippen MR) is 97.5 cm³/mol. The van der Waals surface area contributed by atoms with E-state index in [1.165, 1.54) is 4.90 Å². The van der Waals surface area contributed by atoms with Crippen LogP contribution in [0.15, 0.2) is 58.9 Å². The van der Waals surface area contributed by atoms with E-state index in [4.69, 9.17) is 0 Å². The van der Waals surface area contributed by atoms with E-state index in [-0.39, 0.29) is 11.8 Å². The van der Waals surface area contributed by atoms with Gasteiger partial charge in [0.1, 0.15) is 0 Å². The van der Waals surface area contributed by atoms with Crippen molar-refractivity contribution in [2.75, 3.05) is 4.90 Å². The third kappa shape index (κ3) is 2.58. The van der Waals surface area contributed by atoms with Crippen molar-refractivity contribution in [2.24, 2.45) is 10.3 Å². The fourth-order valence-electron chi connectivity index (χ4n) is 3.45. The third-order valence-corrected chi connectivity index (χ3v) is 5.05. The highest BCUT2D eigenvalue weighted by atomic mass is 16.2. The second-order valence-electron chi connectivity index (χ2n) is 6.65. The normalized spacial score (nSPS) is 21.6. The number of hydrogen-bond donors (Lipinski definition) is 0. The smallest absolute Gasteiger partial charge is 0.263 e. The molecule has 2 aromatic rings. The van der Waals surface area contributed by atoms with Gasteiger partial charge in [0.25, 0.3) is 11.8 Å². The summed E-state index contributed by atoms with van der Waals surface area (Å²) in [6.07, 6.45) is 0.909. The molecule has 0 bridgehead atoms. The molecule has 1 saturated heterocycles. The molecule has 0 aromatic heterocycles. The van der Waals surface area contributed by atoms with Crippen LogP contribution in [-0.2, 0) is 22.6 Å². The molecular formula is C20H20N4O2. The van der Waals surface area contributed by atoms with Crippen molar-refractivity contribution in [3.05, 3.63) is 65.2 Å². The largest absolute Gasteiger partial charge is 0.271 e. The molecule has 0 spiro atoms. The van der Waals surface area contributed by atoms with Crippen LogP contribution in [0.4, 0.5) is 5.69 Å². The fraction of sp³-hybridized carbons (Fsp3) is 0.300. The van der Waals surface area contributed by atoms with Crippen molar-refractivity contribution < 1.29 is 9.59 Å². The molecule has 2 aliphatic rings. The van der Waals surface area contributed by atoms with E-state index in [9.17, 15) is 9.59 Å². The minimum absolute atomic E-state index is 0.261. The van der Waals surface area contributed by atoms with E-state index < -0.39 is 12.1 Å². The van der Waals surface area contributed by atoms with Crippen LogP contribution >= 0.6 is 0 Å². The van der Waals surface area contributed by atoms with Gasteiger partial charge in [0, 0.05) is 0 Å². The first-order chi connectivity index (χ1) is 12.6. The summed E-state index contributed by atoms with van der Waals surface area (Å²) in [6, 6.07) is 14.1. The Labute approximate surface area is 152 Å². The second-order valence-corrected chi connectivity index (χ2v) is 6.65. The lowest BCUT2D eigenvalue weighted by atomic mass is 10.1. The maximum Gasteiger partial charge on any atom is 0.263 e. The Hall–Kier alpha value is -3.02. The molecule has 2 atom stereocenters. The molecule has 26 heavy (non-hydrogen) atoms. The summed E-state index contributed by atoms with van der Waals surface area (Å²) >= 11 is 0. The van der Waals surface area contributed by atoms with Crippen molar-refractivity contribution >= 4 is 17.5 Å². The number of anilines is 1. The number of amides is 2. The minimum Gasteiger partial charge on any atom is -0.271 e. The third-order valence-electron chi connectivity index (χ3n) is 5.05. The Morgan fingerprint density at radius 3 is 2.42 bits per heavy atom. The molecule has 0 unspecified atom stereocenters. The van der Waals surface area contributed by atoms with Gasteiger partial charge in [-0.2, -0.15) is 5.11 Å². The number of hydrogen-bond acceptors (Lipinski definition) is 5. The minimum atomic E-state index is -0.752. The highest BCUT2D eigenvalue weighted by molar-refractivity contribution is 6.25. The number of rotatable bonds is 4. The van der Waals surface area contributed by atoms with E-state index in [0.29, 0.717) is 12.2 Å². The van der Waals surface area contributed by atoms with Crippen LogP contribution in [0.2, 0.25) is 0 Å². The van der Waals surface area contributed by atoms with E-state index in [0.717, 1.165) is 23.1 Å². The van der Waals surface area contributed by atoms with Crippen LogP contribution in [0.25, 0.3) is 0 Å². The lowest BCUT2D eigenvalue weighted by molar-refractivity contribution is -0.123. The first-order valence-electron chi connectivity index (χ1n) is 8.79. The van der Waals surface area contributed by atoms with Gasteiger partial charge in [0.2, 0.25) is 0 Å². The second kappa shape index (κ2) is 6.37. The molecule has 0 aliphatic carbocycles. The van der Waals surface area contributed by atoms with Crippen molar-refractivity contribution in [3.8, 4) is 0 Å². The van der Waals surface area contributed by atoms with Crippen molar-refractivity contribution in [2.45, 2.75) is 38.9 Å². The standard InChI is InChI=1S/C20H20N4O2/c1-3-14-8-10-16(11-9-14)24-19(25)17-18(20(24)26)23(22-21-17)12-15-7-5-4-6-13(15)2/h4-11,17-18H,3,12H2,1-2H3/t17-,18+/m1/s1. The maximum absolute atomic E-state index is 13.0. The van der Waals surface area contributed by atoms with Gasteiger partial charge < -0.3 is 0 Å². The molecule has 2 amide bonds. The number of nitrogens with zero attached hydrogens (tertiary/aromatic N) is 4. The molecule has 2 heterocycles. The number of carbonyl (C=O) groups is 2. The summed E-state index contributed by atoms with van der Waals surface area (Å²) in [5, 5.41) is 9.82. The van der Waals surface area contributed by atoms with E-state index in [1.807, 2.05) is 55.5 Å². The number of fused-ring (bicyclic) bond motifs is 1. The van der Waals surface area contributed by atoms with Crippen molar-refractivity contribution in [1.82, 2.24) is 5.01 Å². The zero-order valence-corrected chi connectivity index (χ0v) is 14.8. The Morgan fingerprint density at radius 1 is 1.00 bits per heavy atom. The number of imide groups is 1. The van der Waals surface area contributed by atoms with Crippen molar-refractivity contribution in [1.29, 1.82) is 0 Å². The Morgan fingerprint density at radius 2 is 1.73 bits per heavy atom. The van der Waals surface area contributed by atoms with Crippen LogP contribution in [0.5, 0.6) is 0 Å². The zero-order chi connectivity index (χ0) is 18.3. The van der Waals surface area contributed by atoms with Crippen molar-refractivity contribution in [3.63, 3.8) is 0 Å². The fourth-order valence-corrected chi connectivity index (χ4v) is 3.45. The van der Waals surface area contributed by atoms with Gasteiger partial charge in [-0.3, -0.25) is 14.6 Å². The average molecular weight is 348 g/mol. The van der Waals surface area contributed by atoms with Gasteiger partial charge in [0.15, 0.2) is 12.1 Å². The summed E-state index contributed by atoms with van der Waals surface area (Å²) < 4.78 is 0. The summed E-state index contributed by atoms with van der Waals surface area (Å²) in [5.41, 5.74) is 3.94. The Kier molecular flexibility index (Phi) is 4.03. The maximum atomic E-state index is 13.0. The number of benzene rings is 2. The van der Waals surface area contributed by atoms with E-state index >= 15 is 0 Å². The molecule has 4 rings (SSSR count). The highest BCUT2D eigenvalue weighted by Crippen LogP contribution is 2.33. The van der Waals surface area contributed by atoms with Gasteiger partial charge in [-0.1, -0.05) is 48.5 Å². The molecule has 6 heteroatoms. The average Bonchev–Trinajstić information content (AvgIpc) is 3.17. The number of carbonyl (C=O) groups excluding carboxylic acids is 2. The van der Waals surface area contributed by atoms with Crippen LogP contribution in [-0.4, -0.2) is 28.9 Å². The summed E-state index contributed by atoms with van der Waals surface area (Å²) in [4.78, 5) is 27.0. The van der Waals surface area contributed by atoms with Gasteiger partial charge in [-0.15, -0.1) is 0 Å². The SMILES string of the molecule is CCc1ccc(N2C(=O)[C@@H]3[C@@H](N=NN3Cc3ccccc3C)C2=O)cc1. The molecule has 2 aromatic carbocycles. The highest BCUT2D eigenvalue weighted by Gasteiger charge is 2.54. The first kappa shape index (κ1) is 16.4. The van der Waals surface area contributed by atoms with E-state index in [2.05, 4.69) is 17.3 Å². The number of aryl methyl sites for hydroxylation is 2. The molecule has 2 aliphatic heterocycles. The Balaban J connectivity index is 1.60. The van der Waals surface area contributed by atoms with Gasteiger partial charge in [-0.25, -0.2) is 4.90 Å². The van der Waals surface area contributed by atoms with Gasteiger partial charge in [-0.05, 0) is 42.2 Å². The summed E-state index contributed by atoms with van der Waals surface area (Å²) in [5.74, 6) is -0.567. The summed E-state index contributed by atoms with van der Waals surface area (Å²) in [7, 11) is 0. The molecule has 132 valence electrons. The van der Waals surface area contributed by atoms with Crippen LogP contribution in [0.1, 0.15) is 23.6 Å². The summed E-state index contributed by atoms with van der Waals surface area (Å²) in [6.45, 7) is 4.54. The quantitative estimate of drug-likeness (QED) is 0.798. The molecule has 1 fully saturated rings. The van der Waals surface area contributed by atoms with Crippen LogP contribution in [0.3, 0.4) is 0 Å². The molecule has 0 radical (unpaired) electrons. The topological polar surface area (TPSA) is 65.3 Å². The molecular weight excluding hydrogens is 328 g/mol.